The van der Waals surface area contributed by atoms with E-state index in [1.54, 1.807) is 0 Å². The minimum atomic E-state index is -3.84. The van der Waals surface area contributed by atoms with Crippen LogP contribution in [0.4, 0.5) is 10.2 Å². The molecular weight excluding hydrogens is 347 g/mol. The molecular formula is C16H19FN4O3S. The van der Waals surface area contributed by atoms with Crippen LogP contribution in [0, 0.1) is 12.7 Å². The van der Waals surface area contributed by atoms with Crippen LogP contribution in [0.25, 0.3) is 0 Å². The maximum atomic E-state index is 13.2. The van der Waals surface area contributed by atoms with Gasteiger partial charge in [-0.05, 0) is 25.1 Å². The van der Waals surface area contributed by atoms with Crippen LogP contribution in [0.1, 0.15) is 11.5 Å². The van der Waals surface area contributed by atoms with Gasteiger partial charge in [-0.25, -0.2) is 27.5 Å². The molecule has 0 amide bonds. The number of aryl methyl sites for hydroxylation is 1. The maximum absolute atomic E-state index is 13.2. The highest BCUT2D eigenvalue weighted by molar-refractivity contribution is 7.89. The lowest BCUT2D eigenvalue weighted by Gasteiger charge is -2.28. The minimum absolute atomic E-state index is 0.0716. The maximum Gasteiger partial charge on any atom is 0.241 e. The summed E-state index contributed by atoms with van der Waals surface area (Å²) in [5.41, 5.74) is 0.747. The average molecular weight is 366 g/mol. The van der Waals surface area contributed by atoms with E-state index in [9.17, 15) is 12.8 Å². The second-order valence-corrected chi connectivity index (χ2v) is 7.43. The van der Waals surface area contributed by atoms with Gasteiger partial charge in [0.15, 0.2) is 0 Å². The molecule has 25 heavy (non-hydrogen) atoms. The number of hydrogen-bond acceptors (Lipinski definition) is 6. The van der Waals surface area contributed by atoms with Crippen LogP contribution < -0.4 is 9.62 Å². The molecule has 1 fully saturated rings. The Morgan fingerprint density at radius 1 is 1.24 bits per heavy atom. The lowest BCUT2D eigenvalue weighted by Crippen LogP contribution is -2.37. The largest absolute Gasteiger partial charge is 0.378 e. The topological polar surface area (TPSA) is 84.4 Å². The number of nitrogens with zero attached hydrogens (tertiary/aromatic N) is 3. The number of nitrogens with one attached hydrogen (secondary N) is 1. The summed E-state index contributed by atoms with van der Waals surface area (Å²) in [4.78, 5) is 10.6. The van der Waals surface area contributed by atoms with Crippen molar-refractivity contribution in [3.05, 3.63) is 47.7 Å². The number of aromatic nitrogens is 2. The van der Waals surface area contributed by atoms with E-state index >= 15 is 0 Å². The Morgan fingerprint density at radius 3 is 2.72 bits per heavy atom. The monoisotopic (exact) mass is 366 g/mol. The molecule has 1 saturated heterocycles. The fraction of sp³-hybridized carbons (Fsp3) is 0.375. The summed E-state index contributed by atoms with van der Waals surface area (Å²) in [5.74, 6) is 0.501. The first kappa shape index (κ1) is 17.7. The third kappa shape index (κ3) is 4.50. The summed E-state index contributed by atoms with van der Waals surface area (Å²) in [6.45, 7) is 4.47. The van der Waals surface area contributed by atoms with Crippen molar-refractivity contribution in [1.82, 2.24) is 14.7 Å². The summed E-state index contributed by atoms with van der Waals surface area (Å²) < 4.78 is 45.5. The summed E-state index contributed by atoms with van der Waals surface area (Å²) in [5, 5.41) is 0. The van der Waals surface area contributed by atoms with Gasteiger partial charge in [0.05, 0.1) is 24.7 Å². The number of ether oxygens (including phenoxy) is 1. The van der Waals surface area contributed by atoms with Crippen LogP contribution in [0.3, 0.4) is 0 Å². The Bertz CT molecular complexity index is 854. The molecule has 1 N–H and O–H groups in total. The quantitative estimate of drug-likeness (QED) is 0.857. The van der Waals surface area contributed by atoms with E-state index in [1.165, 1.54) is 18.2 Å². The van der Waals surface area contributed by atoms with Gasteiger partial charge in [0, 0.05) is 24.8 Å². The SMILES string of the molecule is Cc1cc(N2CCOCC2)nc(CNS(=O)(=O)c2cccc(F)c2)n1. The summed E-state index contributed by atoms with van der Waals surface area (Å²) in [6, 6.07) is 6.71. The van der Waals surface area contributed by atoms with Gasteiger partial charge in [-0.2, -0.15) is 0 Å². The number of anilines is 1. The normalized spacial score (nSPS) is 15.4. The predicted molar refractivity (Wildman–Crippen MR) is 90.2 cm³/mol. The van der Waals surface area contributed by atoms with Gasteiger partial charge in [0.1, 0.15) is 17.5 Å². The number of rotatable bonds is 5. The van der Waals surface area contributed by atoms with Crippen molar-refractivity contribution >= 4 is 15.8 Å². The lowest BCUT2D eigenvalue weighted by molar-refractivity contribution is 0.122. The zero-order chi connectivity index (χ0) is 17.9. The van der Waals surface area contributed by atoms with Gasteiger partial charge in [-0.15, -0.1) is 0 Å². The molecule has 3 rings (SSSR count). The number of halogens is 1. The van der Waals surface area contributed by atoms with Gasteiger partial charge < -0.3 is 9.64 Å². The highest BCUT2D eigenvalue weighted by Crippen LogP contribution is 2.15. The van der Waals surface area contributed by atoms with Crippen molar-refractivity contribution < 1.29 is 17.5 Å². The van der Waals surface area contributed by atoms with E-state index in [-0.39, 0.29) is 11.4 Å². The van der Waals surface area contributed by atoms with Crippen LogP contribution in [0.2, 0.25) is 0 Å². The zero-order valence-corrected chi connectivity index (χ0v) is 14.6. The molecule has 1 aromatic heterocycles. The van der Waals surface area contributed by atoms with Crippen molar-refractivity contribution in [3.63, 3.8) is 0 Å². The highest BCUT2D eigenvalue weighted by Gasteiger charge is 2.17. The van der Waals surface area contributed by atoms with Gasteiger partial charge in [0.2, 0.25) is 10.0 Å². The van der Waals surface area contributed by atoms with Gasteiger partial charge in [-0.3, -0.25) is 0 Å². The summed E-state index contributed by atoms with van der Waals surface area (Å²) in [6.07, 6.45) is 0. The van der Waals surface area contributed by atoms with Crippen molar-refractivity contribution in [2.45, 2.75) is 18.4 Å². The first-order chi connectivity index (χ1) is 11.9. The van der Waals surface area contributed by atoms with Crippen molar-refractivity contribution in [2.75, 3.05) is 31.2 Å². The van der Waals surface area contributed by atoms with Gasteiger partial charge >= 0.3 is 0 Å². The van der Waals surface area contributed by atoms with Crippen LogP contribution >= 0.6 is 0 Å². The highest BCUT2D eigenvalue weighted by atomic mass is 32.2. The first-order valence-electron chi connectivity index (χ1n) is 7.86. The molecule has 0 atom stereocenters. The molecule has 2 heterocycles. The molecule has 2 aromatic rings. The fourth-order valence-electron chi connectivity index (χ4n) is 2.52. The molecule has 7 nitrogen and oxygen atoms in total. The molecule has 0 spiro atoms. The van der Waals surface area contributed by atoms with Crippen molar-refractivity contribution in [3.8, 4) is 0 Å². The Labute approximate surface area is 145 Å². The smallest absolute Gasteiger partial charge is 0.241 e. The van der Waals surface area contributed by atoms with Crippen LogP contribution in [-0.4, -0.2) is 44.7 Å². The molecule has 9 heteroatoms. The molecule has 0 bridgehead atoms. The fourth-order valence-corrected chi connectivity index (χ4v) is 3.53. The molecule has 0 radical (unpaired) electrons. The Morgan fingerprint density at radius 2 is 2.00 bits per heavy atom. The first-order valence-corrected chi connectivity index (χ1v) is 9.35. The number of hydrogen-bond donors (Lipinski definition) is 1. The number of benzene rings is 1. The lowest BCUT2D eigenvalue weighted by atomic mass is 10.3. The van der Waals surface area contributed by atoms with Crippen molar-refractivity contribution in [2.24, 2.45) is 0 Å². The third-order valence-electron chi connectivity index (χ3n) is 3.75. The second kappa shape index (κ2) is 7.42. The van der Waals surface area contributed by atoms with E-state index in [0.29, 0.717) is 19.0 Å². The average Bonchev–Trinajstić information content (AvgIpc) is 2.60. The summed E-state index contributed by atoms with van der Waals surface area (Å²) in [7, 11) is -3.84. The van der Waals surface area contributed by atoms with E-state index in [4.69, 9.17) is 4.74 Å². The molecule has 134 valence electrons. The second-order valence-electron chi connectivity index (χ2n) is 5.67. The Kier molecular flexibility index (Phi) is 5.26. The Balaban J connectivity index is 1.75. The van der Waals surface area contributed by atoms with E-state index in [2.05, 4.69) is 19.6 Å². The van der Waals surface area contributed by atoms with Crippen LogP contribution in [-0.2, 0) is 21.3 Å². The van der Waals surface area contributed by atoms with Crippen molar-refractivity contribution in [1.29, 1.82) is 0 Å². The van der Waals surface area contributed by atoms with E-state index in [0.717, 1.165) is 30.7 Å². The minimum Gasteiger partial charge on any atom is -0.378 e. The zero-order valence-electron chi connectivity index (χ0n) is 13.8. The predicted octanol–water partition coefficient (Wildman–Crippen LogP) is 1.24. The molecule has 1 aliphatic heterocycles. The Hall–Kier alpha value is -2.10. The van der Waals surface area contributed by atoms with E-state index < -0.39 is 15.8 Å². The van der Waals surface area contributed by atoms with Gasteiger partial charge in [-0.1, -0.05) is 6.07 Å². The van der Waals surface area contributed by atoms with E-state index in [1.807, 2.05) is 13.0 Å². The number of sulfonamides is 1. The number of morpholine rings is 1. The molecule has 0 unspecified atom stereocenters. The van der Waals surface area contributed by atoms with Crippen LogP contribution in [0.15, 0.2) is 35.2 Å². The third-order valence-corrected chi connectivity index (χ3v) is 5.15. The summed E-state index contributed by atoms with van der Waals surface area (Å²) >= 11 is 0. The standard InChI is InChI=1S/C16H19FN4O3S/c1-12-9-16(21-5-7-24-8-6-21)20-15(19-12)11-18-25(22,23)14-4-2-3-13(17)10-14/h2-4,9-10,18H,5-8,11H2,1H3. The molecule has 0 saturated carbocycles. The molecule has 1 aromatic carbocycles. The van der Waals surface area contributed by atoms with Crippen LogP contribution in [0.5, 0.6) is 0 Å². The van der Waals surface area contributed by atoms with Gasteiger partial charge in [0.25, 0.3) is 0 Å². The molecule has 0 aliphatic carbocycles. The molecule has 1 aliphatic rings.